The number of ether oxygens (including phenoxy) is 1. The molecular weight excluding hydrogens is 298 g/mol. The summed E-state index contributed by atoms with van der Waals surface area (Å²) in [6, 6.07) is 8.84. The monoisotopic (exact) mass is 309 g/mol. The molecule has 0 radical (unpaired) electrons. The van der Waals surface area contributed by atoms with Gasteiger partial charge in [-0.1, -0.05) is 12.1 Å². The highest BCUT2D eigenvalue weighted by Gasteiger charge is 2.03. The van der Waals surface area contributed by atoms with Crippen LogP contribution in [0.25, 0.3) is 0 Å². The summed E-state index contributed by atoms with van der Waals surface area (Å²) in [6.07, 6.45) is 0. The largest absolute Gasteiger partial charge is 0.485 e. The lowest BCUT2D eigenvalue weighted by atomic mass is 10.3. The van der Waals surface area contributed by atoms with Gasteiger partial charge in [0.05, 0.1) is 10.2 Å². The van der Waals surface area contributed by atoms with Crippen molar-refractivity contribution in [3.8, 4) is 5.75 Å². The van der Waals surface area contributed by atoms with Gasteiger partial charge in [0, 0.05) is 12.6 Å². The van der Waals surface area contributed by atoms with E-state index in [0.29, 0.717) is 17.3 Å². The summed E-state index contributed by atoms with van der Waals surface area (Å²) in [7, 11) is 0. The van der Waals surface area contributed by atoms with E-state index in [9.17, 15) is 4.79 Å². The van der Waals surface area contributed by atoms with Gasteiger partial charge in [-0.15, -0.1) is 0 Å². The van der Waals surface area contributed by atoms with Crippen molar-refractivity contribution in [1.82, 2.24) is 9.97 Å². The molecule has 3 N–H and O–H groups in total. The Morgan fingerprint density at radius 2 is 2.17 bits per heavy atom. The molecule has 0 bridgehead atoms. The minimum atomic E-state index is -0.226. The Balaban J connectivity index is 2.13. The average molecular weight is 310 g/mol. The molecule has 6 heteroatoms. The third-order valence-corrected chi connectivity index (χ3v) is 2.91. The van der Waals surface area contributed by atoms with E-state index >= 15 is 0 Å². The summed E-state index contributed by atoms with van der Waals surface area (Å²) in [5, 5.41) is 0. The average Bonchev–Trinajstić information content (AvgIpc) is 2.37. The quantitative estimate of drug-likeness (QED) is 0.898. The Labute approximate surface area is 112 Å². The van der Waals surface area contributed by atoms with Gasteiger partial charge in [0.15, 0.2) is 0 Å². The lowest BCUT2D eigenvalue weighted by Gasteiger charge is -2.07. The molecule has 0 atom stereocenters. The number of hydrogen-bond donors (Lipinski definition) is 2. The molecule has 0 saturated heterocycles. The second-order valence-corrected chi connectivity index (χ2v) is 4.46. The number of H-pyrrole nitrogens is 1. The first-order chi connectivity index (χ1) is 8.69. The number of para-hydroxylation sites is 1. The SMILES string of the molecule is NCc1cc(=O)[nH]c(COc2ccccc2Br)n1. The fourth-order valence-electron chi connectivity index (χ4n) is 1.44. The van der Waals surface area contributed by atoms with Crippen LogP contribution in [0, 0.1) is 0 Å². The van der Waals surface area contributed by atoms with Gasteiger partial charge in [-0.3, -0.25) is 4.79 Å². The topological polar surface area (TPSA) is 81.0 Å². The van der Waals surface area contributed by atoms with Crippen molar-refractivity contribution >= 4 is 15.9 Å². The number of benzene rings is 1. The van der Waals surface area contributed by atoms with E-state index in [1.165, 1.54) is 6.07 Å². The molecule has 0 aliphatic rings. The molecule has 1 heterocycles. The van der Waals surface area contributed by atoms with Crippen molar-refractivity contribution in [3.63, 3.8) is 0 Å². The van der Waals surface area contributed by atoms with Crippen molar-refractivity contribution in [3.05, 3.63) is 56.7 Å². The summed E-state index contributed by atoms with van der Waals surface area (Å²) in [4.78, 5) is 18.1. The maximum absolute atomic E-state index is 11.3. The zero-order valence-corrected chi connectivity index (χ0v) is 11.1. The van der Waals surface area contributed by atoms with Crippen molar-refractivity contribution < 1.29 is 4.74 Å². The number of nitrogens with two attached hydrogens (primary N) is 1. The van der Waals surface area contributed by atoms with E-state index in [0.717, 1.165) is 4.47 Å². The summed E-state index contributed by atoms with van der Waals surface area (Å²) in [5.74, 6) is 1.15. The lowest BCUT2D eigenvalue weighted by Crippen LogP contribution is -2.16. The number of rotatable bonds is 4. The van der Waals surface area contributed by atoms with Crippen LogP contribution in [0.2, 0.25) is 0 Å². The smallest absolute Gasteiger partial charge is 0.251 e. The Hall–Kier alpha value is -1.66. The van der Waals surface area contributed by atoms with Crippen LogP contribution >= 0.6 is 15.9 Å². The fourth-order valence-corrected chi connectivity index (χ4v) is 1.84. The van der Waals surface area contributed by atoms with E-state index in [4.69, 9.17) is 10.5 Å². The molecule has 0 aliphatic heterocycles. The summed E-state index contributed by atoms with van der Waals surface area (Å²) < 4.78 is 6.41. The van der Waals surface area contributed by atoms with Crippen molar-refractivity contribution in [2.75, 3.05) is 0 Å². The zero-order valence-electron chi connectivity index (χ0n) is 9.52. The first-order valence-corrected chi connectivity index (χ1v) is 6.15. The highest BCUT2D eigenvalue weighted by Crippen LogP contribution is 2.24. The summed E-state index contributed by atoms with van der Waals surface area (Å²) in [5.41, 5.74) is 5.78. The molecule has 2 aromatic rings. The first kappa shape index (κ1) is 12.8. The number of nitrogens with one attached hydrogen (secondary N) is 1. The Bertz CT molecular complexity index is 598. The van der Waals surface area contributed by atoms with Crippen LogP contribution in [0.15, 0.2) is 39.6 Å². The predicted octanol–water partition coefficient (Wildman–Crippen LogP) is 1.57. The molecule has 0 unspecified atom stereocenters. The predicted molar refractivity (Wildman–Crippen MR) is 71.2 cm³/mol. The minimum Gasteiger partial charge on any atom is -0.485 e. The van der Waals surface area contributed by atoms with E-state index in [1.54, 1.807) is 0 Å². The molecule has 18 heavy (non-hydrogen) atoms. The molecule has 5 nitrogen and oxygen atoms in total. The third-order valence-electron chi connectivity index (χ3n) is 2.25. The van der Waals surface area contributed by atoms with E-state index in [2.05, 4.69) is 25.9 Å². The number of hydrogen-bond acceptors (Lipinski definition) is 4. The molecule has 1 aromatic heterocycles. The molecule has 0 fully saturated rings. The minimum absolute atomic E-state index is 0.186. The van der Waals surface area contributed by atoms with Gasteiger partial charge in [-0.05, 0) is 28.1 Å². The van der Waals surface area contributed by atoms with Crippen LogP contribution in [0.1, 0.15) is 11.5 Å². The second-order valence-electron chi connectivity index (χ2n) is 3.61. The maximum Gasteiger partial charge on any atom is 0.251 e. The maximum atomic E-state index is 11.3. The highest BCUT2D eigenvalue weighted by molar-refractivity contribution is 9.10. The normalized spacial score (nSPS) is 10.3. The number of halogens is 1. The van der Waals surface area contributed by atoms with Gasteiger partial charge in [0.25, 0.3) is 5.56 Å². The molecule has 0 aliphatic carbocycles. The van der Waals surface area contributed by atoms with Crippen LogP contribution in [-0.4, -0.2) is 9.97 Å². The standard InChI is InChI=1S/C12H12BrN3O2/c13-9-3-1-2-4-10(9)18-7-11-15-8(6-14)5-12(17)16-11/h1-5H,6-7,14H2,(H,15,16,17). The molecular formula is C12H12BrN3O2. The Kier molecular flexibility index (Phi) is 4.11. The van der Waals surface area contributed by atoms with Gasteiger partial charge < -0.3 is 15.5 Å². The zero-order chi connectivity index (χ0) is 13.0. The molecule has 0 spiro atoms. The number of aromatic nitrogens is 2. The Morgan fingerprint density at radius 3 is 2.89 bits per heavy atom. The second kappa shape index (κ2) is 5.79. The van der Waals surface area contributed by atoms with Crippen molar-refractivity contribution in [2.24, 2.45) is 5.73 Å². The van der Waals surface area contributed by atoms with Crippen LogP contribution in [0.4, 0.5) is 0 Å². The van der Waals surface area contributed by atoms with E-state index in [-0.39, 0.29) is 18.7 Å². The number of nitrogens with zero attached hydrogens (tertiary/aromatic N) is 1. The fraction of sp³-hybridized carbons (Fsp3) is 0.167. The molecule has 94 valence electrons. The van der Waals surface area contributed by atoms with Crippen molar-refractivity contribution in [2.45, 2.75) is 13.2 Å². The summed E-state index contributed by atoms with van der Waals surface area (Å²) in [6.45, 7) is 0.414. The summed E-state index contributed by atoms with van der Waals surface area (Å²) >= 11 is 3.38. The van der Waals surface area contributed by atoms with Crippen LogP contribution in [0.5, 0.6) is 5.75 Å². The molecule has 0 amide bonds. The van der Waals surface area contributed by atoms with E-state index in [1.807, 2.05) is 24.3 Å². The van der Waals surface area contributed by atoms with Crippen LogP contribution in [-0.2, 0) is 13.2 Å². The molecule has 2 rings (SSSR count). The molecule has 1 aromatic carbocycles. The van der Waals surface area contributed by atoms with Crippen LogP contribution in [0.3, 0.4) is 0 Å². The lowest BCUT2D eigenvalue weighted by molar-refractivity contribution is 0.293. The third kappa shape index (κ3) is 3.18. The van der Waals surface area contributed by atoms with Gasteiger partial charge in [0.1, 0.15) is 18.2 Å². The van der Waals surface area contributed by atoms with Gasteiger partial charge in [-0.25, -0.2) is 4.98 Å². The molecule has 0 saturated carbocycles. The van der Waals surface area contributed by atoms with Crippen LogP contribution < -0.4 is 16.0 Å². The van der Waals surface area contributed by atoms with Gasteiger partial charge >= 0.3 is 0 Å². The van der Waals surface area contributed by atoms with Gasteiger partial charge in [-0.2, -0.15) is 0 Å². The first-order valence-electron chi connectivity index (χ1n) is 5.35. The Morgan fingerprint density at radius 1 is 1.39 bits per heavy atom. The van der Waals surface area contributed by atoms with Gasteiger partial charge in [0.2, 0.25) is 0 Å². The number of aromatic amines is 1. The van der Waals surface area contributed by atoms with E-state index < -0.39 is 0 Å². The highest BCUT2D eigenvalue weighted by atomic mass is 79.9. The van der Waals surface area contributed by atoms with Crippen molar-refractivity contribution in [1.29, 1.82) is 0 Å².